The second-order valence-corrected chi connectivity index (χ2v) is 1.85. The normalized spacial score (nSPS) is 13.3. The smallest absolute Gasteiger partial charge is 0.163 e. The molecule has 0 aliphatic rings. The van der Waals surface area contributed by atoms with Crippen LogP contribution in [-0.2, 0) is 0 Å². The zero-order valence-electron chi connectivity index (χ0n) is 5.89. The molecule has 0 spiro atoms. The highest BCUT2D eigenvalue weighted by molar-refractivity contribution is 6.63. The first kappa shape index (κ1) is 8.08. The number of aliphatic imine (C=N–C) groups is 1. The van der Waals surface area contributed by atoms with Crippen LogP contribution in [-0.4, -0.2) is 21.3 Å². The van der Waals surface area contributed by atoms with E-state index in [-0.39, 0.29) is 0 Å². The first-order valence-electron chi connectivity index (χ1n) is 2.76. The van der Waals surface area contributed by atoms with Gasteiger partial charge in [-0.1, -0.05) is 12.7 Å². The monoisotopic (exact) mass is 120 g/mol. The number of hydrogen-bond donors (Lipinski definition) is 1. The minimum atomic E-state index is 0.705. The highest BCUT2D eigenvalue weighted by Gasteiger charge is 1.76. The van der Waals surface area contributed by atoms with E-state index in [1.165, 1.54) is 0 Å². The summed E-state index contributed by atoms with van der Waals surface area (Å²) < 4.78 is 0. The van der Waals surface area contributed by atoms with Crippen molar-refractivity contribution in [3.05, 3.63) is 24.5 Å². The predicted octanol–water partition coefficient (Wildman–Crippen LogP) is -1.41. The lowest BCUT2D eigenvalue weighted by Gasteiger charge is -1.86. The summed E-state index contributed by atoms with van der Waals surface area (Å²) >= 11 is 0. The van der Waals surface area contributed by atoms with E-state index in [4.69, 9.17) is 5.73 Å². The first-order chi connectivity index (χ1) is 4.16. The van der Waals surface area contributed by atoms with Crippen molar-refractivity contribution in [1.82, 2.24) is 0 Å². The van der Waals surface area contributed by atoms with Crippen molar-refractivity contribution in [2.75, 3.05) is 0 Å². The van der Waals surface area contributed by atoms with Gasteiger partial charge in [0.25, 0.3) is 0 Å². The molecule has 0 bridgehead atoms. The third-order valence-corrected chi connectivity index (χ3v) is 0.767. The van der Waals surface area contributed by atoms with Crippen LogP contribution < -0.4 is 5.73 Å². The number of nitrogens with zero attached hydrogens (tertiary/aromatic N) is 1. The lowest BCUT2D eigenvalue weighted by atomic mass is 10.0. The van der Waals surface area contributed by atoms with Gasteiger partial charge in [-0.05, 0) is 11.2 Å². The van der Waals surface area contributed by atoms with Gasteiger partial charge in [-0.25, -0.2) is 0 Å². The van der Waals surface area contributed by atoms with Crippen molar-refractivity contribution >= 4 is 21.3 Å². The summed E-state index contributed by atoms with van der Waals surface area (Å²) in [7, 11) is 3.66. The Morgan fingerprint density at radius 1 is 1.56 bits per heavy atom. The van der Waals surface area contributed by atoms with Gasteiger partial charge in [-0.2, -0.15) is 0 Å². The number of allylic oxidation sites excluding steroid dienone is 1. The molecule has 0 saturated carbocycles. The maximum absolute atomic E-state index is 5.32. The number of rotatable bonds is 2. The second-order valence-electron chi connectivity index (χ2n) is 1.85. The van der Waals surface area contributed by atoms with E-state index in [1.54, 1.807) is 20.1 Å². The van der Waals surface area contributed by atoms with Gasteiger partial charge in [0, 0.05) is 6.20 Å². The Balaban J connectivity index is 3.98. The standard InChI is InChI=1S/C5H10B2N2/c1-2-5(7)9-3-4(6)8/h2-3H,1,6-8H2/b4-3-,9-5+. The maximum atomic E-state index is 5.32. The summed E-state index contributed by atoms with van der Waals surface area (Å²) in [6.07, 6.45) is 3.29. The van der Waals surface area contributed by atoms with Crippen LogP contribution in [0.5, 0.6) is 0 Å². The Morgan fingerprint density at radius 2 is 2.11 bits per heavy atom. The molecular formula is C5H10B2N2. The van der Waals surface area contributed by atoms with Gasteiger partial charge < -0.3 is 5.73 Å². The Hall–Kier alpha value is -0.920. The molecule has 9 heavy (non-hydrogen) atoms. The van der Waals surface area contributed by atoms with Crippen LogP contribution in [0.4, 0.5) is 0 Å². The van der Waals surface area contributed by atoms with Crippen LogP contribution in [0, 0.1) is 0 Å². The van der Waals surface area contributed by atoms with E-state index < -0.39 is 0 Å². The minimum Gasteiger partial charge on any atom is -0.409 e. The van der Waals surface area contributed by atoms with Gasteiger partial charge in [0.15, 0.2) is 15.7 Å². The van der Waals surface area contributed by atoms with Crippen LogP contribution in [0.25, 0.3) is 0 Å². The summed E-state index contributed by atoms with van der Waals surface area (Å²) in [5.41, 5.74) is 6.89. The van der Waals surface area contributed by atoms with Crippen LogP contribution in [0.1, 0.15) is 0 Å². The fraction of sp³-hybridized carbons (Fsp3) is 0. The Bertz CT molecular complexity index is 156. The molecular weight excluding hydrogens is 110 g/mol. The molecule has 2 nitrogen and oxygen atoms in total. The van der Waals surface area contributed by atoms with Crippen LogP contribution in [0.15, 0.2) is 29.4 Å². The maximum Gasteiger partial charge on any atom is 0.163 e. The third-order valence-electron chi connectivity index (χ3n) is 0.767. The van der Waals surface area contributed by atoms with E-state index in [0.717, 1.165) is 5.61 Å². The molecule has 0 fully saturated rings. The fourth-order valence-corrected chi connectivity index (χ4v) is 0.256. The largest absolute Gasteiger partial charge is 0.409 e. The highest BCUT2D eigenvalue weighted by atomic mass is 14.7. The Labute approximate surface area is 57.4 Å². The molecule has 0 aromatic rings. The summed E-state index contributed by atoms with van der Waals surface area (Å²) in [5.74, 6) is 0. The van der Waals surface area contributed by atoms with Crippen molar-refractivity contribution in [2.24, 2.45) is 10.7 Å². The second kappa shape index (κ2) is 4.01. The fourth-order valence-electron chi connectivity index (χ4n) is 0.256. The van der Waals surface area contributed by atoms with Gasteiger partial charge in [0.05, 0.1) is 0 Å². The Morgan fingerprint density at radius 3 is 2.44 bits per heavy atom. The van der Waals surface area contributed by atoms with Gasteiger partial charge in [-0.3, -0.25) is 4.99 Å². The van der Waals surface area contributed by atoms with Gasteiger partial charge >= 0.3 is 0 Å². The van der Waals surface area contributed by atoms with E-state index in [9.17, 15) is 0 Å². The lowest BCUT2D eigenvalue weighted by Crippen LogP contribution is -1.95. The van der Waals surface area contributed by atoms with Gasteiger partial charge in [-0.15, -0.1) is 0 Å². The van der Waals surface area contributed by atoms with E-state index in [2.05, 4.69) is 11.6 Å². The highest BCUT2D eigenvalue weighted by Crippen LogP contribution is 1.78. The van der Waals surface area contributed by atoms with E-state index >= 15 is 0 Å². The zero-order valence-corrected chi connectivity index (χ0v) is 5.89. The minimum absolute atomic E-state index is 0.705. The molecule has 0 aliphatic carbocycles. The molecule has 0 atom stereocenters. The molecule has 0 rings (SSSR count). The summed E-state index contributed by atoms with van der Waals surface area (Å²) in [4.78, 5) is 3.95. The number of hydrogen-bond acceptors (Lipinski definition) is 2. The molecule has 46 valence electrons. The number of nitrogens with two attached hydrogens (primary N) is 1. The third kappa shape index (κ3) is 4.94. The van der Waals surface area contributed by atoms with Crippen molar-refractivity contribution in [2.45, 2.75) is 0 Å². The van der Waals surface area contributed by atoms with Crippen molar-refractivity contribution in [3.8, 4) is 0 Å². The molecule has 0 aromatic carbocycles. The van der Waals surface area contributed by atoms with Crippen LogP contribution in [0.2, 0.25) is 0 Å². The van der Waals surface area contributed by atoms with Crippen molar-refractivity contribution < 1.29 is 0 Å². The average molecular weight is 120 g/mol. The van der Waals surface area contributed by atoms with Gasteiger partial charge in [0.2, 0.25) is 0 Å². The van der Waals surface area contributed by atoms with E-state index in [1.807, 2.05) is 7.85 Å². The average Bonchev–Trinajstić information content (AvgIpc) is 1.83. The molecule has 0 radical (unpaired) electrons. The van der Waals surface area contributed by atoms with Crippen molar-refractivity contribution in [1.29, 1.82) is 0 Å². The van der Waals surface area contributed by atoms with Gasteiger partial charge in [0.1, 0.15) is 0 Å². The molecule has 4 heteroatoms. The first-order valence-corrected chi connectivity index (χ1v) is 2.76. The zero-order chi connectivity index (χ0) is 7.28. The van der Waals surface area contributed by atoms with E-state index in [0.29, 0.717) is 5.60 Å². The molecule has 0 amide bonds. The quantitative estimate of drug-likeness (QED) is 0.353. The van der Waals surface area contributed by atoms with Crippen molar-refractivity contribution in [3.63, 3.8) is 0 Å². The molecule has 0 unspecified atom stereocenters. The molecule has 0 aromatic heterocycles. The molecule has 0 heterocycles. The molecule has 2 N–H and O–H groups in total. The Kier molecular flexibility index (Phi) is 3.60. The predicted molar refractivity (Wildman–Crippen MR) is 47.0 cm³/mol. The summed E-state index contributed by atoms with van der Waals surface area (Å²) in [5, 5.41) is 0. The SMILES string of the molecule is B/C(N)=C/N=C(/B)C=C. The molecule has 0 aliphatic heterocycles. The topological polar surface area (TPSA) is 38.4 Å². The lowest BCUT2D eigenvalue weighted by molar-refractivity contribution is 1.45. The summed E-state index contributed by atoms with van der Waals surface area (Å²) in [6, 6.07) is 0. The van der Waals surface area contributed by atoms with Crippen LogP contribution >= 0.6 is 0 Å². The summed E-state index contributed by atoms with van der Waals surface area (Å²) in [6.45, 7) is 3.54. The molecule has 0 saturated heterocycles. The van der Waals surface area contributed by atoms with Crippen LogP contribution in [0.3, 0.4) is 0 Å².